The van der Waals surface area contributed by atoms with E-state index in [2.05, 4.69) is 5.32 Å². The van der Waals surface area contributed by atoms with Crippen molar-refractivity contribution in [3.8, 4) is 5.75 Å². The average Bonchev–Trinajstić information content (AvgIpc) is 2.01. The van der Waals surface area contributed by atoms with Crippen LogP contribution in [-0.2, 0) is 0 Å². The van der Waals surface area contributed by atoms with E-state index in [-0.39, 0.29) is 18.5 Å². The number of nitrogens with two attached hydrogens (primary N) is 1. The van der Waals surface area contributed by atoms with E-state index in [0.717, 1.165) is 0 Å². The van der Waals surface area contributed by atoms with Crippen LogP contribution in [0.5, 0.6) is 5.75 Å². The molecule has 0 unspecified atom stereocenters. The maximum Gasteiger partial charge on any atom is 0.316 e. The molecule has 3 N–H and O–H groups in total. The first-order valence-corrected chi connectivity index (χ1v) is 4.41. The lowest BCUT2D eigenvalue weighted by Gasteiger charge is -2.10. The molecule has 1 aromatic rings. The zero-order valence-electron chi connectivity index (χ0n) is 8.69. The SMILES string of the molecule is CC(C)Oc1cccc(NC(N)=O)c1.Cl. The van der Waals surface area contributed by atoms with Gasteiger partial charge < -0.3 is 15.8 Å². The van der Waals surface area contributed by atoms with E-state index in [1.54, 1.807) is 18.2 Å². The molecule has 84 valence electrons. The van der Waals surface area contributed by atoms with Crippen molar-refractivity contribution in [2.75, 3.05) is 5.32 Å². The predicted molar refractivity (Wildman–Crippen MR) is 62.7 cm³/mol. The molecule has 0 aliphatic heterocycles. The smallest absolute Gasteiger partial charge is 0.316 e. The highest BCUT2D eigenvalue weighted by atomic mass is 35.5. The molecule has 0 fully saturated rings. The van der Waals surface area contributed by atoms with E-state index in [1.807, 2.05) is 19.9 Å². The van der Waals surface area contributed by atoms with Gasteiger partial charge in [-0.05, 0) is 26.0 Å². The molecule has 15 heavy (non-hydrogen) atoms. The second-order valence-corrected chi connectivity index (χ2v) is 3.18. The average molecular weight is 231 g/mol. The minimum absolute atomic E-state index is 0. The van der Waals surface area contributed by atoms with Crippen LogP contribution in [-0.4, -0.2) is 12.1 Å². The number of nitrogens with one attached hydrogen (secondary N) is 1. The topological polar surface area (TPSA) is 64.3 Å². The van der Waals surface area contributed by atoms with Gasteiger partial charge in [0.05, 0.1) is 6.10 Å². The Labute approximate surface area is 95.2 Å². The molecule has 4 nitrogen and oxygen atoms in total. The number of urea groups is 1. The Bertz CT molecular complexity index is 329. The van der Waals surface area contributed by atoms with E-state index >= 15 is 0 Å². The van der Waals surface area contributed by atoms with Crippen LogP contribution in [0.3, 0.4) is 0 Å². The Morgan fingerprint density at radius 3 is 2.67 bits per heavy atom. The van der Waals surface area contributed by atoms with Crippen molar-refractivity contribution < 1.29 is 9.53 Å². The van der Waals surface area contributed by atoms with Gasteiger partial charge in [-0.3, -0.25) is 0 Å². The molecule has 0 heterocycles. The summed E-state index contributed by atoms with van der Waals surface area (Å²) >= 11 is 0. The largest absolute Gasteiger partial charge is 0.491 e. The van der Waals surface area contributed by atoms with Gasteiger partial charge in [0.15, 0.2) is 0 Å². The lowest BCUT2D eigenvalue weighted by Crippen LogP contribution is -2.19. The zero-order chi connectivity index (χ0) is 10.6. The number of carbonyl (C=O) groups is 1. The molecule has 2 amide bonds. The summed E-state index contributed by atoms with van der Waals surface area (Å²) in [6, 6.07) is 6.52. The molecule has 5 heteroatoms. The van der Waals surface area contributed by atoms with Crippen molar-refractivity contribution in [3.63, 3.8) is 0 Å². The second kappa shape index (κ2) is 6.14. The first-order chi connectivity index (χ1) is 6.58. The number of primary amides is 1. The highest BCUT2D eigenvalue weighted by Gasteiger charge is 2.00. The Kier molecular flexibility index (Phi) is 5.56. The van der Waals surface area contributed by atoms with Crippen molar-refractivity contribution in [3.05, 3.63) is 24.3 Å². The number of hydrogen-bond acceptors (Lipinski definition) is 2. The quantitative estimate of drug-likeness (QED) is 0.838. The fourth-order valence-corrected chi connectivity index (χ4v) is 1.06. The molecular weight excluding hydrogens is 216 g/mol. The number of carbonyl (C=O) groups excluding carboxylic acids is 1. The molecule has 0 aliphatic rings. The molecule has 0 radical (unpaired) electrons. The molecule has 0 saturated heterocycles. The predicted octanol–water partition coefficient (Wildman–Crippen LogP) is 2.39. The van der Waals surface area contributed by atoms with Gasteiger partial charge in [-0.15, -0.1) is 12.4 Å². The van der Waals surface area contributed by atoms with E-state index in [1.165, 1.54) is 0 Å². The van der Waals surface area contributed by atoms with Gasteiger partial charge in [-0.1, -0.05) is 6.07 Å². The Morgan fingerprint density at radius 1 is 1.47 bits per heavy atom. The molecule has 0 aromatic heterocycles. The van der Waals surface area contributed by atoms with Crippen LogP contribution in [0.2, 0.25) is 0 Å². The van der Waals surface area contributed by atoms with E-state index in [0.29, 0.717) is 11.4 Å². The van der Waals surface area contributed by atoms with Crippen LogP contribution in [0.15, 0.2) is 24.3 Å². The highest BCUT2D eigenvalue weighted by Crippen LogP contribution is 2.18. The first-order valence-electron chi connectivity index (χ1n) is 4.41. The van der Waals surface area contributed by atoms with Crippen LogP contribution in [0.1, 0.15) is 13.8 Å². The molecule has 0 spiro atoms. The van der Waals surface area contributed by atoms with Gasteiger partial charge in [-0.25, -0.2) is 4.79 Å². The number of ether oxygens (including phenoxy) is 1. The Balaban J connectivity index is 0.00000196. The number of benzene rings is 1. The fraction of sp³-hybridized carbons (Fsp3) is 0.300. The van der Waals surface area contributed by atoms with E-state index in [9.17, 15) is 4.79 Å². The molecule has 0 saturated carbocycles. The van der Waals surface area contributed by atoms with Crippen molar-refractivity contribution in [2.45, 2.75) is 20.0 Å². The Morgan fingerprint density at radius 2 is 2.13 bits per heavy atom. The summed E-state index contributed by atoms with van der Waals surface area (Å²) in [5, 5.41) is 2.48. The highest BCUT2D eigenvalue weighted by molar-refractivity contribution is 5.87. The van der Waals surface area contributed by atoms with Gasteiger partial charge in [0.2, 0.25) is 0 Å². The molecule has 1 rings (SSSR count). The van der Waals surface area contributed by atoms with E-state index < -0.39 is 6.03 Å². The number of rotatable bonds is 3. The van der Waals surface area contributed by atoms with Gasteiger partial charge in [0.1, 0.15) is 5.75 Å². The Hall–Kier alpha value is -1.42. The first kappa shape index (κ1) is 13.6. The summed E-state index contributed by atoms with van der Waals surface area (Å²) in [7, 11) is 0. The third-order valence-electron chi connectivity index (χ3n) is 1.47. The maximum atomic E-state index is 10.6. The standard InChI is InChI=1S/C10H14N2O2.ClH/c1-7(2)14-9-5-3-4-8(6-9)12-10(11)13;/h3-7H,1-2H3,(H3,11,12,13);1H. The summed E-state index contributed by atoms with van der Waals surface area (Å²) < 4.78 is 5.44. The normalized spacial score (nSPS) is 9.27. The van der Waals surface area contributed by atoms with Crippen LogP contribution in [0.4, 0.5) is 10.5 Å². The summed E-state index contributed by atoms with van der Waals surface area (Å²) in [6.45, 7) is 3.88. The van der Waals surface area contributed by atoms with Crippen LogP contribution in [0.25, 0.3) is 0 Å². The van der Waals surface area contributed by atoms with Gasteiger partial charge in [-0.2, -0.15) is 0 Å². The third-order valence-corrected chi connectivity index (χ3v) is 1.47. The van der Waals surface area contributed by atoms with E-state index in [4.69, 9.17) is 10.5 Å². The van der Waals surface area contributed by atoms with Crippen LogP contribution >= 0.6 is 12.4 Å². The van der Waals surface area contributed by atoms with Gasteiger partial charge >= 0.3 is 6.03 Å². The molecule has 1 aromatic carbocycles. The summed E-state index contributed by atoms with van der Waals surface area (Å²) in [5.74, 6) is 0.714. The lowest BCUT2D eigenvalue weighted by molar-refractivity contribution is 0.242. The van der Waals surface area contributed by atoms with Gasteiger partial charge in [0.25, 0.3) is 0 Å². The second-order valence-electron chi connectivity index (χ2n) is 3.18. The zero-order valence-corrected chi connectivity index (χ0v) is 9.51. The molecule has 0 atom stereocenters. The number of halogens is 1. The van der Waals surface area contributed by atoms with Crippen LogP contribution < -0.4 is 15.8 Å². The number of anilines is 1. The minimum atomic E-state index is -0.577. The fourth-order valence-electron chi connectivity index (χ4n) is 1.06. The third kappa shape index (κ3) is 5.12. The summed E-state index contributed by atoms with van der Waals surface area (Å²) in [6.07, 6.45) is 0.110. The van der Waals surface area contributed by atoms with Crippen molar-refractivity contribution in [2.24, 2.45) is 5.73 Å². The monoisotopic (exact) mass is 230 g/mol. The molecule has 0 bridgehead atoms. The van der Waals surface area contributed by atoms with Crippen LogP contribution in [0, 0.1) is 0 Å². The molecular formula is C10H15ClN2O2. The number of hydrogen-bond donors (Lipinski definition) is 2. The molecule has 0 aliphatic carbocycles. The summed E-state index contributed by atoms with van der Waals surface area (Å²) in [4.78, 5) is 10.6. The minimum Gasteiger partial charge on any atom is -0.491 e. The van der Waals surface area contributed by atoms with Crippen molar-refractivity contribution in [1.82, 2.24) is 0 Å². The number of amides is 2. The lowest BCUT2D eigenvalue weighted by atomic mass is 10.3. The van der Waals surface area contributed by atoms with Crippen molar-refractivity contribution >= 4 is 24.1 Å². The summed E-state index contributed by atoms with van der Waals surface area (Å²) in [5.41, 5.74) is 5.62. The maximum absolute atomic E-state index is 10.6. The van der Waals surface area contributed by atoms with Crippen molar-refractivity contribution in [1.29, 1.82) is 0 Å². The van der Waals surface area contributed by atoms with Gasteiger partial charge in [0, 0.05) is 11.8 Å².